The third-order valence-electron chi connectivity index (χ3n) is 4.02. The number of ether oxygens (including phenoxy) is 1. The Bertz CT molecular complexity index is 578. The molecule has 0 heterocycles. The van der Waals surface area contributed by atoms with Crippen LogP contribution in [0.1, 0.15) is 34.7 Å². The van der Waals surface area contributed by atoms with Crippen LogP contribution in [0.5, 0.6) is 5.75 Å². The highest BCUT2D eigenvalue weighted by atomic mass is 16.5. The highest BCUT2D eigenvalue weighted by Crippen LogP contribution is 2.22. The Morgan fingerprint density at radius 3 is 2.33 bits per heavy atom. The molecule has 1 unspecified atom stereocenters. The number of nitrogens with one attached hydrogen (secondary N) is 1. The average molecular weight is 284 g/mol. The van der Waals surface area contributed by atoms with Gasteiger partial charge in [-0.25, -0.2) is 0 Å². The molecule has 0 bridgehead atoms. The number of nitrogens with two attached hydrogens (primary N) is 1. The van der Waals surface area contributed by atoms with Crippen LogP contribution in [0.3, 0.4) is 0 Å². The lowest BCUT2D eigenvalue weighted by Gasteiger charge is -2.17. The summed E-state index contributed by atoms with van der Waals surface area (Å²) in [5.41, 5.74) is 8.08. The van der Waals surface area contributed by atoms with Crippen LogP contribution in [-0.4, -0.2) is 7.11 Å². The van der Waals surface area contributed by atoms with Crippen molar-refractivity contribution >= 4 is 0 Å². The molecule has 3 heteroatoms. The fraction of sp³-hybridized carbons (Fsp3) is 0.333. The molecule has 0 saturated carbocycles. The first-order valence-corrected chi connectivity index (χ1v) is 7.30. The molecule has 21 heavy (non-hydrogen) atoms. The van der Waals surface area contributed by atoms with E-state index in [0.29, 0.717) is 0 Å². The zero-order chi connectivity index (χ0) is 15.2. The van der Waals surface area contributed by atoms with E-state index in [0.717, 1.165) is 18.6 Å². The minimum Gasteiger partial charge on any atom is -0.497 e. The van der Waals surface area contributed by atoms with Crippen LogP contribution >= 0.6 is 0 Å². The lowest BCUT2D eigenvalue weighted by molar-refractivity contribution is 0.414. The summed E-state index contributed by atoms with van der Waals surface area (Å²) < 4.78 is 5.18. The van der Waals surface area contributed by atoms with Crippen LogP contribution in [0.25, 0.3) is 0 Å². The molecule has 3 nitrogen and oxygen atoms in total. The first-order valence-electron chi connectivity index (χ1n) is 7.30. The maximum Gasteiger partial charge on any atom is 0.118 e. The molecule has 0 aliphatic carbocycles. The molecule has 2 aromatic rings. The molecule has 2 aromatic carbocycles. The Morgan fingerprint density at radius 1 is 1.05 bits per heavy atom. The van der Waals surface area contributed by atoms with Crippen LogP contribution in [-0.2, 0) is 6.42 Å². The molecular weight excluding hydrogens is 260 g/mol. The Morgan fingerprint density at radius 2 is 1.76 bits per heavy atom. The monoisotopic (exact) mass is 284 g/mol. The summed E-state index contributed by atoms with van der Waals surface area (Å²) >= 11 is 0. The highest BCUT2D eigenvalue weighted by molar-refractivity contribution is 5.32. The third kappa shape index (κ3) is 4.06. The smallest absolute Gasteiger partial charge is 0.118 e. The molecule has 3 N–H and O–H groups in total. The normalized spacial score (nSPS) is 12.2. The molecular formula is C18H24N2O. The quantitative estimate of drug-likeness (QED) is 0.631. The standard InChI is InChI=1S/C18H24N2O/c1-13-4-8-16(12-14(13)2)18(20-19)11-7-15-5-9-17(21-3)10-6-15/h4-6,8-10,12,18,20H,7,11,19H2,1-3H3. The summed E-state index contributed by atoms with van der Waals surface area (Å²) in [5.74, 6) is 6.62. The predicted molar refractivity (Wildman–Crippen MR) is 87.3 cm³/mol. The Labute approximate surface area is 127 Å². The summed E-state index contributed by atoms with van der Waals surface area (Å²) in [6.07, 6.45) is 1.94. The molecule has 112 valence electrons. The molecule has 0 saturated heterocycles. The fourth-order valence-corrected chi connectivity index (χ4v) is 2.43. The van der Waals surface area contributed by atoms with E-state index in [4.69, 9.17) is 10.6 Å². The zero-order valence-electron chi connectivity index (χ0n) is 13.0. The zero-order valence-corrected chi connectivity index (χ0v) is 13.0. The number of hydrogen-bond donors (Lipinski definition) is 2. The van der Waals surface area contributed by atoms with Gasteiger partial charge < -0.3 is 4.74 Å². The second-order valence-electron chi connectivity index (χ2n) is 5.45. The lowest BCUT2D eigenvalue weighted by atomic mass is 9.96. The first kappa shape index (κ1) is 15.5. The van der Waals surface area contributed by atoms with E-state index in [2.05, 4.69) is 49.6 Å². The molecule has 0 spiro atoms. The van der Waals surface area contributed by atoms with Gasteiger partial charge in [0.1, 0.15) is 5.75 Å². The summed E-state index contributed by atoms with van der Waals surface area (Å²) in [6.45, 7) is 4.26. The second kappa shape index (κ2) is 7.25. The maximum absolute atomic E-state index is 5.73. The molecule has 0 fully saturated rings. The molecule has 1 atom stereocenters. The molecule has 0 aliphatic rings. The van der Waals surface area contributed by atoms with Crippen molar-refractivity contribution in [2.45, 2.75) is 32.7 Å². The Kier molecular flexibility index (Phi) is 5.37. The number of methoxy groups -OCH3 is 1. The van der Waals surface area contributed by atoms with Crippen LogP contribution in [0, 0.1) is 13.8 Å². The molecule has 0 amide bonds. The number of benzene rings is 2. The van der Waals surface area contributed by atoms with Crippen LogP contribution in [0.15, 0.2) is 42.5 Å². The predicted octanol–water partition coefficient (Wildman–Crippen LogP) is 3.45. The highest BCUT2D eigenvalue weighted by Gasteiger charge is 2.10. The van der Waals surface area contributed by atoms with Crippen molar-refractivity contribution in [2.24, 2.45) is 5.84 Å². The van der Waals surface area contributed by atoms with Crippen molar-refractivity contribution in [3.63, 3.8) is 0 Å². The Hall–Kier alpha value is -1.84. The van der Waals surface area contributed by atoms with Crippen LogP contribution in [0.2, 0.25) is 0 Å². The van der Waals surface area contributed by atoms with Gasteiger partial charge in [0.25, 0.3) is 0 Å². The fourth-order valence-electron chi connectivity index (χ4n) is 2.43. The number of rotatable bonds is 6. The Balaban J connectivity index is 2.02. The van der Waals surface area contributed by atoms with Crippen molar-refractivity contribution in [1.29, 1.82) is 0 Å². The molecule has 0 aliphatic heterocycles. The van der Waals surface area contributed by atoms with E-state index in [1.54, 1.807) is 7.11 Å². The van der Waals surface area contributed by atoms with Crippen molar-refractivity contribution in [2.75, 3.05) is 7.11 Å². The lowest BCUT2D eigenvalue weighted by Crippen LogP contribution is -2.28. The number of aryl methyl sites for hydroxylation is 3. The van der Waals surface area contributed by atoms with Gasteiger partial charge in [0.15, 0.2) is 0 Å². The SMILES string of the molecule is COc1ccc(CCC(NN)c2ccc(C)c(C)c2)cc1. The molecule has 0 aromatic heterocycles. The van der Waals surface area contributed by atoms with Gasteiger partial charge in [0.05, 0.1) is 7.11 Å². The summed E-state index contributed by atoms with van der Waals surface area (Å²) in [4.78, 5) is 0. The molecule has 2 rings (SSSR count). The molecule has 0 radical (unpaired) electrons. The second-order valence-corrected chi connectivity index (χ2v) is 5.45. The van der Waals surface area contributed by atoms with Gasteiger partial charge in [-0.1, -0.05) is 30.3 Å². The minimum atomic E-state index is 0.173. The maximum atomic E-state index is 5.73. The van der Waals surface area contributed by atoms with Crippen molar-refractivity contribution in [1.82, 2.24) is 5.43 Å². The van der Waals surface area contributed by atoms with E-state index >= 15 is 0 Å². The summed E-state index contributed by atoms with van der Waals surface area (Å²) in [6, 6.07) is 14.9. The number of hydrogen-bond acceptors (Lipinski definition) is 3. The van der Waals surface area contributed by atoms with Crippen molar-refractivity contribution < 1.29 is 4.74 Å². The van der Waals surface area contributed by atoms with Crippen LogP contribution < -0.4 is 16.0 Å². The van der Waals surface area contributed by atoms with E-state index in [1.807, 2.05) is 12.1 Å². The van der Waals surface area contributed by atoms with Gasteiger partial charge in [0, 0.05) is 6.04 Å². The van der Waals surface area contributed by atoms with Gasteiger partial charge >= 0.3 is 0 Å². The largest absolute Gasteiger partial charge is 0.497 e. The summed E-state index contributed by atoms with van der Waals surface area (Å²) in [7, 11) is 1.68. The van der Waals surface area contributed by atoms with E-state index < -0.39 is 0 Å². The van der Waals surface area contributed by atoms with E-state index in [9.17, 15) is 0 Å². The van der Waals surface area contributed by atoms with Gasteiger partial charge in [-0.2, -0.15) is 0 Å². The third-order valence-corrected chi connectivity index (χ3v) is 4.02. The number of hydrazine groups is 1. The average Bonchev–Trinajstić information content (AvgIpc) is 2.52. The van der Waals surface area contributed by atoms with E-state index in [-0.39, 0.29) is 6.04 Å². The topological polar surface area (TPSA) is 47.3 Å². The van der Waals surface area contributed by atoms with E-state index in [1.165, 1.54) is 22.3 Å². The van der Waals surface area contributed by atoms with Gasteiger partial charge in [0.2, 0.25) is 0 Å². The van der Waals surface area contributed by atoms with Crippen molar-refractivity contribution in [3.05, 3.63) is 64.7 Å². The minimum absolute atomic E-state index is 0.173. The van der Waals surface area contributed by atoms with Gasteiger partial charge in [-0.3, -0.25) is 11.3 Å². The first-order chi connectivity index (χ1) is 10.1. The van der Waals surface area contributed by atoms with Crippen LogP contribution in [0.4, 0.5) is 0 Å². The summed E-state index contributed by atoms with van der Waals surface area (Å²) in [5, 5.41) is 0. The van der Waals surface area contributed by atoms with Gasteiger partial charge in [-0.05, 0) is 61.1 Å². The van der Waals surface area contributed by atoms with Gasteiger partial charge in [-0.15, -0.1) is 0 Å². The van der Waals surface area contributed by atoms with Crippen molar-refractivity contribution in [3.8, 4) is 5.75 Å².